The van der Waals surface area contributed by atoms with Gasteiger partial charge in [0.15, 0.2) is 5.82 Å². The van der Waals surface area contributed by atoms with E-state index in [1.807, 2.05) is 6.92 Å². The molecule has 1 heterocycles. The minimum absolute atomic E-state index is 0.412. The largest absolute Gasteiger partial charge is 0.384 e. The molecule has 2 rings (SSSR count). The monoisotopic (exact) mass is 278 g/mol. The summed E-state index contributed by atoms with van der Waals surface area (Å²) in [5.41, 5.74) is 6.26. The lowest BCUT2D eigenvalue weighted by atomic mass is 9.83. The van der Waals surface area contributed by atoms with Gasteiger partial charge in [0.2, 0.25) is 0 Å². The lowest BCUT2D eigenvalue weighted by Gasteiger charge is -2.28. The molecule has 0 radical (unpaired) electrons. The van der Waals surface area contributed by atoms with Crippen LogP contribution in [0.2, 0.25) is 0 Å². The van der Waals surface area contributed by atoms with Crippen LogP contribution >= 0.6 is 0 Å². The van der Waals surface area contributed by atoms with Crippen molar-refractivity contribution < 1.29 is 4.74 Å². The van der Waals surface area contributed by atoms with Crippen LogP contribution in [0.1, 0.15) is 51.8 Å². The third-order valence-corrected chi connectivity index (χ3v) is 4.29. The molecular formula is C15H26N4O. The molecule has 3 N–H and O–H groups in total. The van der Waals surface area contributed by atoms with Crippen LogP contribution in [0.15, 0.2) is 6.07 Å². The zero-order valence-electron chi connectivity index (χ0n) is 12.6. The number of nitrogens with two attached hydrogens (primary N) is 1. The van der Waals surface area contributed by atoms with Crippen molar-refractivity contribution in [1.29, 1.82) is 0 Å². The van der Waals surface area contributed by atoms with Crippen molar-refractivity contribution in [3.05, 3.63) is 11.9 Å². The van der Waals surface area contributed by atoms with E-state index in [-0.39, 0.29) is 0 Å². The highest BCUT2D eigenvalue weighted by atomic mass is 16.5. The molecule has 0 aromatic carbocycles. The molecule has 1 aliphatic rings. The summed E-state index contributed by atoms with van der Waals surface area (Å²) in [7, 11) is 0. The number of nitrogen functional groups attached to an aromatic ring is 1. The molecule has 0 saturated heterocycles. The fraction of sp³-hybridized carbons (Fsp3) is 0.733. The van der Waals surface area contributed by atoms with Crippen molar-refractivity contribution >= 4 is 11.6 Å². The third kappa shape index (κ3) is 3.82. The van der Waals surface area contributed by atoms with Gasteiger partial charge in [-0.2, -0.15) is 0 Å². The lowest BCUT2D eigenvalue weighted by Crippen LogP contribution is -2.26. The molecule has 5 nitrogen and oxygen atoms in total. The Labute approximate surface area is 121 Å². The van der Waals surface area contributed by atoms with E-state index in [0.717, 1.165) is 12.4 Å². The Kier molecular flexibility index (Phi) is 5.17. The van der Waals surface area contributed by atoms with Gasteiger partial charge in [0.05, 0.1) is 0 Å². The molecule has 1 aliphatic carbocycles. The van der Waals surface area contributed by atoms with Crippen molar-refractivity contribution in [2.75, 3.05) is 24.2 Å². The normalized spacial score (nSPS) is 17.3. The number of nitrogens with one attached hydrogen (secondary N) is 1. The SMILES string of the molecule is CCOCc1nc(N)cc(NCC2(CC)CCCC2)n1. The zero-order chi connectivity index (χ0) is 14.4. The van der Waals surface area contributed by atoms with E-state index in [1.165, 1.54) is 32.1 Å². The van der Waals surface area contributed by atoms with Gasteiger partial charge >= 0.3 is 0 Å². The molecule has 5 heteroatoms. The second kappa shape index (κ2) is 6.88. The summed E-state index contributed by atoms with van der Waals surface area (Å²) in [4.78, 5) is 8.66. The third-order valence-electron chi connectivity index (χ3n) is 4.29. The molecule has 1 saturated carbocycles. The average Bonchev–Trinajstić information content (AvgIpc) is 2.92. The maximum absolute atomic E-state index is 5.83. The molecule has 0 unspecified atom stereocenters. The molecular weight excluding hydrogens is 252 g/mol. The van der Waals surface area contributed by atoms with Crippen molar-refractivity contribution in [2.24, 2.45) is 5.41 Å². The van der Waals surface area contributed by atoms with E-state index >= 15 is 0 Å². The molecule has 1 aromatic heterocycles. The molecule has 1 aromatic rings. The second-order valence-corrected chi connectivity index (χ2v) is 5.65. The van der Waals surface area contributed by atoms with Gasteiger partial charge in [-0.1, -0.05) is 19.8 Å². The van der Waals surface area contributed by atoms with E-state index in [0.29, 0.717) is 30.3 Å². The molecule has 0 atom stereocenters. The Balaban J connectivity index is 1.99. The van der Waals surface area contributed by atoms with Crippen molar-refractivity contribution in [1.82, 2.24) is 9.97 Å². The van der Waals surface area contributed by atoms with Crippen molar-refractivity contribution in [2.45, 2.75) is 52.6 Å². The van der Waals surface area contributed by atoms with Gasteiger partial charge < -0.3 is 15.8 Å². The minimum atomic E-state index is 0.412. The first-order valence-corrected chi connectivity index (χ1v) is 7.62. The van der Waals surface area contributed by atoms with Crippen LogP contribution in [-0.2, 0) is 11.3 Å². The Hall–Kier alpha value is -1.36. The number of nitrogens with zero attached hydrogens (tertiary/aromatic N) is 2. The first kappa shape index (κ1) is 15.0. The number of rotatable bonds is 7. The standard InChI is InChI=1S/C15H26N4O/c1-3-15(7-5-6-8-15)11-17-13-9-12(16)18-14(19-13)10-20-4-2/h9H,3-8,10-11H2,1-2H3,(H3,16,17,18,19). The topological polar surface area (TPSA) is 73.1 Å². The molecule has 0 amide bonds. The number of ether oxygens (including phenoxy) is 1. The van der Waals surface area contributed by atoms with Crippen LogP contribution in [0.4, 0.5) is 11.6 Å². The van der Waals surface area contributed by atoms with E-state index in [1.54, 1.807) is 6.07 Å². The minimum Gasteiger partial charge on any atom is -0.384 e. The quantitative estimate of drug-likeness (QED) is 0.802. The first-order chi connectivity index (χ1) is 9.67. The van der Waals surface area contributed by atoms with Crippen LogP contribution in [0, 0.1) is 5.41 Å². The number of hydrogen-bond donors (Lipinski definition) is 2. The summed E-state index contributed by atoms with van der Waals surface area (Å²) < 4.78 is 5.34. The maximum Gasteiger partial charge on any atom is 0.158 e. The predicted octanol–water partition coefficient (Wildman–Crippen LogP) is 2.98. The Bertz CT molecular complexity index is 430. The van der Waals surface area contributed by atoms with Crippen LogP contribution in [0.3, 0.4) is 0 Å². The highest BCUT2D eigenvalue weighted by molar-refractivity contribution is 5.44. The second-order valence-electron chi connectivity index (χ2n) is 5.65. The average molecular weight is 278 g/mol. The summed E-state index contributed by atoms with van der Waals surface area (Å²) in [5, 5.41) is 3.45. The summed E-state index contributed by atoms with van der Waals surface area (Å²) in [6.07, 6.45) is 6.52. The van der Waals surface area contributed by atoms with Crippen LogP contribution in [-0.4, -0.2) is 23.1 Å². The summed E-state index contributed by atoms with van der Waals surface area (Å²) >= 11 is 0. The van der Waals surface area contributed by atoms with Crippen LogP contribution in [0.5, 0.6) is 0 Å². The van der Waals surface area contributed by atoms with Gasteiger partial charge in [-0.15, -0.1) is 0 Å². The molecule has 0 spiro atoms. The first-order valence-electron chi connectivity index (χ1n) is 7.62. The highest BCUT2D eigenvalue weighted by Gasteiger charge is 2.31. The predicted molar refractivity (Wildman–Crippen MR) is 81.5 cm³/mol. The molecule has 112 valence electrons. The van der Waals surface area contributed by atoms with Crippen molar-refractivity contribution in [3.63, 3.8) is 0 Å². The fourth-order valence-electron chi connectivity index (χ4n) is 2.92. The van der Waals surface area contributed by atoms with Crippen molar-refractivity contribution in [3.8, 4) is 0 Å². The van der Waals surface area contributed by atoms with E-state index < -0.39 is 0 Å². The highest BCUT2D eigenvalue weighted by Crippen LogP contribution is 2.40. The molecule has 0 aliphatic heterocycles. The van der Waals surface area contributed by atoms with Gasteiger partial charge in [0.1, 0.15) is 18.2 Å². The maximum atomic E-state index is 5.83. The Morgan fingerprint density at radius 3 is 2.70 bits per heavy atom. The summed E-state index contributed by atoms with van der Waals surface area (Å²) in [5.74, 6) is 1.95. The molecule has 0 bridgehead atoms. The van der Waals surface area contributed by atoms with Crippen LogP contribution in [0.25, 0.3) is 0 Å². The van der Waals surface area contributed by atoms with Gasteiger partial charge in [-0.25, -0.2) is 9.97 Å². The molecule has 1 fully saturated rings. The number of hydrogen-bond acceptors (Lipinski definition) is 5. The zero-order valence-corrected chi connectivity index (χ0v) is 12.6. The van der Waals surface area contributed by atoms with Gasteiger partial charge in [0, 0.05) is 19.2 Å². The number of aromatic nitrogens is 2. The Morgan fingerprint density at radius 2 is 2.05 bits per heavy atom. The number of anilines is 2. The summed E-state index contributed by atoms with van der Waals surface area (Å²) in [6, 6.07) is 1.80. The van der Waals surface area contributed by atoms with Gasteiger partial charge in [-0.3, -0.25) is 0 Å². The van der Waals surface area contributed by atoms with Gasteiger partial charge in [0.25, 0.3) is 0 Å². The van der Waals surface area contributed by atoms with E-state index in [4.69, 9.17) is 10.5 Å². The van der Waals surface area contributed by atoms with Gasteiger partial charge in [-0.05, 0) is 31.6 Å². The lowest BCUT2D eigenvalue weighted by molar-refractivity contribution is 0.128. The molecule has 20 heavy (non-hydrogen) atoms. The fourth-order valence-corrected chi connectivity index (χ4v) is 2.92. The summed E-state index contributed by atoms with van der Waals surface area (Å²) in [6.45, 7) is 6.27. The smallest absolute Gasteiger partial charge is 0.158 e. The Morgan fingerprint density at radius 1 is 1.30 bits per heavy atom. The van der Waals surface area contributed by atoms with Crippen LogP contribution < -0.4 is 11.1 Å². The van der Waals surface area contributed by atoms with E-state index in [2.05, 4.69) is 22.2 Å². The van der Waals surface area contributed by atoms with E-state index in [9.17, 15) is 0 Å².